The van der Waals surface area contributed by atoms with Gasteiger partial charge in [-0.05, 0) is 48.0 Å². The fourth-order valence-electron chi connectivity index (χ4n) is 3.05. The topological polar surface area (TPSA) is 84.1 Å². The van der Waals surface area contributed by atoms with E-state index in [2.05, 4.69) is 15.5 Å². The molecule has 2 heterocycles. The lowest BCUT2D eigenvalue weighted by Gasteiger charge is -2.32. The first-order valence-electron chi connectivity index (χ1n) is 7.88. The number of hydrogen-bond acceptors (Lipinski definition) is 5. The highest BCUT2D eigenvalue weighted by Crippen LogP contribution is 2.35. The summed E-state index contributed by atoms with van der Waals surface area (Å²) in [4.78, 5) is 13.1. The average Bonchev–Trinajstić information content (AvgIpc) is 3.02. The lowest BCUT2D eigenvalue weighted by Crippen LogP contribution is -2.44. The third-order valence-corrected chi connectivity index (χ3v) is 4.50. The van der Waals surface area contributed by atoms with Crippen molar-refractivity contribution < 1.29 is 23.1 Å². The highest BCUT2D eigenvalue weighted by Gasteiger charge is 2.36. The van der Waals surface area contributed by atoms with Crippen LogP contribution in [0.3, 0.4) is 0 Å². The van der Waals surface area contributed by atoms with Gasteiger partial charge < -0.3 is 5.11 Å². The van der Waals surface area contributed by atoms with Crippen molar-refractivity contribution in [2.45, 2.75) is 38.0 Å². The number of benzene rings is 1. The van der Waals surface area contributed by atoms with Crippen molar-refractivity contribution >= 4 is 17.6 Å². The molecule has 3 rings (SSSR count). The Morgan fingerprint density at radius 2 is 2.12 bits per heavy atom. The molecule has 1 unspecified atom stereocenters. The monoisotopic (exact) mass is 389 g/mol. The molecule has 1 saturated heterocycles. The van der Waals surface area contributed by atoms with Crippen molar-refractivity contribution in [3.8, 4) is 5.69 Å². The summed E-state index contributed by atoms with van der Waals surface area (Å²) in [5.74, 6) is -0.836. The van der Waals surface area contributed by atoms with Crippen LogP contribution < -0.4 is 0 Å². The molecule has 0 radical (unpaired) electrons. The lowest BCUT2D eigenvalue weighted by atomic mass is 10.0. The number of alkyl halides is 3. The van der Waals surface area contributed by atoms with Gasteiger partial charge in [-0.3, -0.25) is 9.69 Å². The maximum atomic E-state index is 13.3. The second-order valence-electron chi connectivity index (χ2n) is 5.99. The number of rotatable bonds is 4. The van der Waals surface area contributed by atoms with E-state index in [1.165, 1.54) is 12.1 Å². The molecule has 140 valence electrons. The third kappa shape index (κ3) is 3.80. The molecule has 0 spiro atoms. The first kappa shape index (κ1) is 18.6. The van der Waals surface area contributed by atoms with Crippen molar-refractivity contribution in [3.05, 3.63) is 34.6 Å². The van der Waals surface area contributed by atoms with Crippen LogP contribution in [0, 0.1) is 0 Å². The van der Waals surface area contributed by atoms with E-state index in [-0.39, 0.29) is 23.1 Å². The van der Waals surface area contributed by atoms with Crippen LogP contribution in [-0.2, 0) is 17.5 Å². The van der Waals surface area contributed by atoms with E-state index in [0.29, 0.717) is 13.0 Å². The SMILES string of the molecule is O=C(O)C1CCCCN1Cc1nnnn1-c1ccc(Cl)cc1C(F)(F)F. The first-order chi connectivity index (χ1) is 12.3. The van der Waals surface area contributed by atoms with Gasteiger partial charge >= 0.3 is 12.1 Å². The van der Waals surface area contributed by atoms with E-state index in [1.807, 2.05) is 0 Å². The van der Waals surface area contributed by atoms with Crippen LogP contribution in [0.15, 0.2) is 18.2 Å². The minimum absolute atomic E-state index is 0.0316. The van der Waals surface area contributed by atoms with E-state index in [4.69, 9.17) is 11.6 Å². The standard InChI is InChI=1S/C15H15ClF3N5O2/c16-9-4-5-11(10(7-9)15(17,18)19)24-13(20-21-22-24)8-23-6-2-1-3-12(23)14(25)26/h4-5,7,12H,1-3,6,8H2,(H,25,26). The summed E-state index contributed by atoms with van der Waals surface area (Å²) in [6.45, 7) is 0.542. The maximum Gasteiger partial charge on any atom is 0.418 e. The number of carbonyl (C=O) groups is 1. The molecule has 26 heavy (non-hydrogen) atoms. The molecular formula is C15H15ClF3N5O2. The molecule has 0 bridgehead atoms. The van der Waals surface area contributed by atoms with Gasteiger partial charge in [0.1, 0.15) is 6.04 Å². The Labute approximate surface area is 151 Å². The summed E-state index contributed by atoms with van der Waals surface area (Å²) in [5, 5.41) is 20.2. The molecule has 1 fully saturated rings. The Kier molecular flexibility index (Phi) is 5.15. The van der Waals surface area contributed by atoms with Gasteiger partial charge in [0.15, 0.2) is 5.82 Å². The molecule has 1 atom stereocenters. The van der Waals surface area contributed by atoms with Gasteiger partial charge in [0.2, 0.25) is 0 Å². The minimum Gasteiger partial charge on any atom is -0.480 e. The molecule has 0 saturated carbocycles. The van der Waals surface area contributed by atoms with E-state index in [9.17, 15) is 23.1 Å². The van der Waals surface area contributed by atoms with E-state index < -0.39 is 23.8 Å². The normalized spacial score (nSPS) is 18.8. The summed E-state index contributed by atoms with van der Waals surface area (Å²) >= 11 is 5.70. The fraction of sp³-hybridized carbons (Fsp3) is 0.467. The summed E-state index contributed by atoms with van der Waals surface area (Å²) in [7, 11) is 0. The fourth-order valence-corrected chi connectivity index (χ4v) is 3.23. The predicted molar refractivity (Wildman–Crippen MR) is 84.9 cm³/mol. The number of hydrogen-bond donors (Lipinski definition) is 1. The smallest absolute Gasteiger partial charge is 0.418 e. The van der Waals surface area contributed by atoms with Crippen LogP contribution in [-0.4, -0.2) is 48.8 Å². The number of halogens is 4. The van der Waals surface area contributed by atoms with Crippen molar-refractivity contribution in [2.75, 3.05) is 6.54 Å². The summed E-state index contributed by atoms with van der Waals surface area (Å²) in [5.41, 5.74) is -1.22. The molecule has 11 heteroatoms. The van der Waals surface area contributed by atoms with Crippen LogP contribution in [0.25, 0.3) is 5.69 Å². The zero-order chi connectivity index (χ0) is 18.9. The molecular weight excluding hydrogens is 375 g/mol. The number of carboxylic acid groups (broad SMARTS) is 1. The minimum atomic E-state index is -4.64. The quantitative estimate of drug-likeness (QED) is 0.865. The zero-order valence-corrected chi connectivity index (χ0v) is 14.2. The second kappa shape index (κ2) is 7.20. The average molecular weight is 390 g/mol. The molecule has 1 N–H and O–H groups in total. The van der Waals surface area contributed by atoms with Gasteiger partial charge in [0, 0.05) is 5.02 Å². The van der Waals surface area contributed by atoms with Gasteiger partial charge in [0.25, 0.3) is 0 Å². The Morgan fingerprint density at radius 3 is 2.81 bits per heavy atom. The molecule has 0 amide bonds. The van der Waals surface area contributed by atoms with E-state index >= 15 is 0 Å². The number of likely N-dealkylation sites (tertiary alicyclic amines) is 1. The number of nitrogens with zero attached hydrogens (tertiary/aromatic N) is 5. The predicted octanol–water partition coefficient (Wildman–Crippen LogP) is 2.77. The molecule has 1 aromatic heterocycles. The number of tetrazole rings is 1. The molecule has 0 aliphatic carbocycles. The van der Waals surface area contributed by atoms with Crippen molar-refractivity contribution in [3.63, 3.8) is 0 Å². The third-order valence-electron chi connectivity index (χ3n) is 4.27. The van der Waals surface area contributed by atoms with E-state index in [0.717, 1.165) is 23.6 Å². The largest absolute Gasteiger partial charge is 0.480 e. The molecule has 1 aromatic carbocycles. The van der Waals surface area contributed by atoms with E-state index in [1.54, 1.807) is 4.90 Å². The Balaban J connectivity index is 1.96. The number of aliphatic carboxylic acids is 1. The van der Waals surface area contributed by atoms with Gasteiger partial charge in [0.05, 0.1) is 17.8 Å². The van der Waals surface area contributed by atoms with Crippen LogP contribution in [0.5, 0.6) is 0 Å². The van der Waals surface area contributed by atoms with Crippen molar-refractivity contribution in [1.29, 1.82) is 0 Å². The Hall–Kier alpha value is -2.20. The highest BCUT2D eigenvalue weighted by atomic mass is 35.5. The molecule has 2 aromatic rings. The lowest BCUT2D eigenvalue weighted by molar-refractivity contribution is -0.145. The molecule has 1 aliphatic rings. The number of carboxylic acids is 1. The van der Waals surface area contributed by atoms with Gasteiger partial charge in [-0.2, -0.15) is 17.9 Å². The van der Waals surface area contributed by atoms with Gasteiger partial charge in [-0.1, -0.05) is 18.0 Å². The zero-order valence-electron chi connectivity index (χ0n) is 13.4. The number of piperidine rings is 1. The number of aromatic nitrogens is 4. The van der Waals surface area contributed by atoms with Crippen LogP contribution in [0.4, 0.5) is 13.2 Å². The molecule has 7 nitrogen and oxygen atoms in total. The van der Waals surface area contributed by atoms with Crippen LogP contribution >= 0.6 is 11.6 Å². The van der Waals surface area contributed by atoms with Crippen molar-refractivity contribution in [2.24, 2.45) is 0 Å². The first-order valence-corrected chi connectivity index (χ1v) is 8.26. The van der Waals surface area contributed by atoms with Crippen molar-refractivity contribution in [1.82, 2.24) is 25.1 Å². The summed E-state index contributed by atoms with van der Waals surface area (Å²) < 4.78 is 41.0. The second-order valence-corrected chi connectivity index (χ2v) is 6.42. The maximum absolute atomic E-state index is 13.3. The van der Waals surface area contributed by atoms with Crippen LogP contribution in [0.1, 0.15) is 30.7 Å². The highest BCUT2D eigenvalue weighted by molar-refractivity contribution is 6.30. The Morgan fingerprint density at radius 1 is 1.35 bits per heavy atom. The van der Waals surface area contributed by atoms with Gasteiger partial charge in [-0.25, -0.2) is 0 Å². The van der Waals surface area contributed by atoms with Crippen LogP contribution in [0.2, 0.25) is 5.02 Å². The van der Waals surface area contributed by atoms with Gasteiger partial charge in [-0.15, -0.1) is 5.10 Å². The summed E-state index contributed by atoms with van der Waals surface area (Å²) in [6, 6.07) is 2.61. The molecule has 1 aliphatic heterocycles. The summed E-state index contributed by atoms with van der Waals surface area (Å²) in [6.07, 6.45) is -2.57. The Bertz CT molecular complexity index is 811.